The van der Waals surface area contributed by atoms with E-state index in [0.29, 0.717) is 11.8 Å². The molecule has 2 aromatic carbocycles. The maximum Gasteiger partial charge on any atom is 0.250 e. The minimum Gasteiger partial charge on any atom is -0.748 e. The van der Waals surface area contributed by atoms with Gasteiger partial charge in [0, 0.05) is 12.3 Å². The van der Waals surface area contributed by atoms with Crippen LogP contribution in [0.5, 0.6) is 17.2 Å². The van der Waals surface area contributed by atoms with Crippen LogP contribution in [-0.2, 0) is 10.1 Å². The summed E-state index contributed by atoms with van der Waals surface area (Å²) in [5.74, 6) is -2.46. The molecular formula is C15H14N3O7S-. The monoisotopic (exact) mass is 380 g/mol. The molecule has 0 aliphatic rings. The van der Waals surface area contributed by atoms with Crippen LogP contribution in [0.4, 0.5) is 0 Å². The molecule has 0 aliphatic heterocycles. The number of phenols is 3. The van der Waals surface area contributed by atoms with E-state index in [4.69, 9.17) is 18.7 Å². The number of aromatic nitrogens is 2. The molecule has 1 heterocycles. The van der Waals surface area contributed by atoms with Gasteiger partial charge in [-0.3, -0.25) is 4.79 Å². The van der Waals surface area contributed by atoms with E-state index in [1.54, 1.807) is 19.1 Å². The molecule has 3 rings (SSSR count). The molecular weight excluding hydrogens is 366 g/mol. The number of aromatic hydroxyl groups is 3. The lowest BCUT2D eigenvalue weighted by Gasteiger charge is -2.08. The molecule has 0 spiro atoms. The zero-order valence-corrected chi connectivity index (χ0v) is 14.4. The molecule has 1 aromatic heterocycles. The van der Waals surface area contributed by atoms with Crippen molar-refractivity contribution in [3.8, 4) is 17.2 Å². The summed E-state index contributed by atoms with van der Waals surface area (Å²) in [5, 5.41) is 28.9. The van der Waals surface area contributed by atoms with Crippen LogP contribution in [0.25, 0.3) is 22.1 Å². The third kappa shape index (κ3) is 4.07. The van der Waals surface area contributed by atoms with Gasteiger partial charge in [-0.05, 0) is 24.6 Å². The number of carbonyl (C=O) groups is 1. The number of carbonyl (C=O) groups excluding carboxylic acids is 1. The van der Waals surface area contributed by atoms with Crippen molar-refractivity contribution in [2.24, 2.45) is 5.73 Å². The van der Waals surface area contributed by atoms with Crippen LogP contribution < -0.4 is 5.73 Å². The molecule has 0 bridgehead atoms. The zero-order chi connectivity index (χ0) is 19.8. The summed E-state index contributed by atoms with van der Waals surface area (Å²) in [6.45, 7) is 1.78. The van der Waals surface area contributed by atoms with Gasteiger partial charge >= 0.3 is 0 Å². The average Bonchev–Trinajstić information content (AvgIpc) is 2.49. The highest BCUT2D eigenvalue weighted by Crippen LogP contribution is 2.40. The Bertz CT molecular complexity index is 1140. The van der Waals surface area contributed by atoms with Gasteiger partial charge in [-0.1, -0.05) is 0 Å². The average molecular weight is 380 g/mol. The van der Waals surface area contributed by atoms with Crippen molar-refractivity contribution in [1.82, 2.24) is 9.97 Å². The Balaban J connectivity index is 0.000000431. The van der Waals surface area contributed by atoms with Crippen molar-refractivity contribution < 1.29 is 33.1 Å². The predicted octanol–water partition coefficient (Wildman–Crippen LogP) is 0.469. The van der Waals surface area contributed by atoms with Crippen LogP contribution in [0.3, 0.4) is 0 Å². The smallest absolute Gasteiger partial charge is 0.250 e. The minimum atomic E-state index is -3.92. The van der Waals surface area contributed by atoms with Crippen molar-refractivity contribution in [1.29, 1.82) is 0 Å². The second-order valence-corrected chi connectivity index (χ2v) is 6.84. The van der Waals surface area contributed by atoms with Crippen LogP contribution in [0.1, 0.15) is 15.9 Å². The minimum absolute atomic E-state index is 0.0239. The van der Waals surface area contributed by atoms with Gasteiger partial charge in [-0.15, -0.1) is 0 Å². The number of hydrogen-bond acceptors (Lipinski definition) is 9. The van der Waals surface area contributed by atoms with Crippen molar-refractivity contribution in [2.45, 2.75) is 6.92 Å². The molecule has 1 amide bonds. The van der Waals surface area contributed by atoms with Gasteiger partial charge in [0.05, 0.1) is 26.7 Å². The summed E-state index contributed by atoms with van der Waals surface area (Å²) in [6.07, 6.45) is 0.604. The fraction of sp³-hybridized carbons (Fsp3) is 0.133. The van der Waals surface area contributed by atoms with Crippen LogP contribution in [0.15, 0.2) is 18.2 Å². The predicted molar refractivity (Wildman–Crippen MR) is 90.9 cm³/mol. The number of phenolic OH excluding ortho intramolecular Hbond substituents is 3. The van der Waals surface area contributed by atoms with Crippen LogP contribution >= 0.6 is 0 Å². The van der Waals surface area contributed by atoms with Gasteiger partial charge < -0.3 is 25.6 Å². The van der Waals surface area contributed by atoms with Gasteiger partial charge in [0.1, 0.15) is 11.0 Å². The molecule has 5 N–H and O–H groups in total. The van der Waals surface area contributed by atoms with Gasteiger partial charge in [0.25, 0.3) is 5.91 Å². The Morgan fingerprint density at radius 2 is 1.58 bits per heavy atom. The third-order valence-electron chi connectivity index (χ3n) is 3.17. The first kappa shape index (κ1) is 19.1. The molecule has 26 heavy (non-hydrogen) atoms. The van der Waals surface area contributed by atoms with Crippen molar-refractivity contribution in [3.63, 3.8) is 0 Å². The number of primary amides is 1. The first-order valence-electron chi connectivity index (χ1n) is 6.95. The molecule has 138 valence electrons. The van der Waals surface area contributed by atoms with Gasteiger partial charge in [0.15, 0.2) is 11.5 Å². The second kappa shape index (κ2) is 6.61. The van der Waals surface area contributed by atoms with Crippen molar-refractivity contribution in [3.05, 3.63) is 29.3 Å². The normalized spacial score (nSPS) is 11.2. The quantitative estimate of drug-likeness (QED) is 0.264. The molecule has 0 radical (unpaired) electrons. The lowest BCUT2D eigenvalue weighted by molar-refractivity contribution is 0.100. The fourth-order valence-electron chi connectivity index (χ4n) is 2.21. The highest BCUT2D eigenvalue weighted by atomic mass is 32.2. The summed E-state index contributed by atoms with van der Waals surface area (Å²) in [6, 6.07) is 4.46. The summed E-state index contributed by atoms with van der Waals surface area (Å²) < 4.78 is 27.2. The number of aryl methyl sites for hydroxylation is 1. The summed E-state index contributed by atoms with van der Waals surface area (Å²) in [4.78, 5) is 19.9. The molecule has 0 atom stereocenters. The Morgan fingerprint density at radius 1 is 1.04 bits per heavy atom. The van der Waals surface area contributed by atoms with E-state index in [1.165, 1.54) is 6.07 Å². The van der Waals surface area contributed by atoms with E-state index in [1.807, 2.05) is 0 Å². The molecule has 0 fully saturated rings. The number of rotatable bonds is 1. The third-order valence-corrected chi connectivity index (χ3v) is 3.17. The van der Waals surface area contributed by atoms with Crippen LogP contribution in [0, 0.1) is 6.92 Å². The van der Waals surface area contributed by atoms with Gasteiger partial charge in [-0.2, -0.15) is 0 Å². The van der Waals surface area contributed by atoms with Crippen LogP contribution in [-0.4, -0.2) is 50.4 Å². The highest BCUT2D eigenvalue weighted by molar-refractivity contribution is 7.84. The van der Waals surface area contributed by atoms with E-state index in [-0.39, 0.29) is 22.1 Å². The van der Waals surface area contributed by atoms with Gasteiger partial charge in [0.2, 0.25) is 5.75 Å². The molecule has 10 nitrogen and oxygen atoms in total. The topological polar surface area (TPSA) is 187 Å². The van der Waals surface area contributed by atoms with Crippen LogP contribution in [0.2, 0.25) is 0 Å². The van der Waals surface area contributed by atoms with E-state index < -0.39 is 33.3 Å². The molecule has 0 unspecified atom stereocenters. The van der Waals surface area contributed by atoms with E-state index in [0.717, 1.165) is 5.56 Å². The van der Waals surface area contributed by atoms with E-state index >= 15 is 0 Å². The standard InChI is InChI=1S/C14H11N3O4.CH4O3S/c1-5-2-6(14(15)21)10-7(3-5)16-8-4-9(18)12(19)13(20)11(8)17-10;1-5(2,3)4/h2-4,18-20H,1H3,(H2,15,21);1H3,(H,2,3,4)/p-1. The van der Waals surface area contributed by atoms with E-state index in [2.05, 4.69) is 9.97 Å². The molecule has 0 aliphatic carbocycles. The van der Waals surface area contributed by atoms with Gasteiger partial charge in [-0.25, -0.2) is 18.4 Å². The number of nitrogens with zero attached hydrogens (tertiary/aromatic N) is 2. The molecule has 11 heteroatoms. The maximum absolute atomic E-state index is 11.5. The molecule has 0 saturated heterocycles. The number of benzene rings is 2. The Labute approximate surface area is 147 Å². The maximum atomic E-state index is 11.5. The SMILES string of the molecule is CS(=O)(=O)[O-].Cc1cc(C(N)=O)c2nc3c(O)c(O)c(O)cc3nc2c1. The van der Waals surface area contributed by atoms with E-state index in [9.17, 15) is 20.1 Å². The summed E-state index contributed by atoms with van der Waals surface area (Å²) >= 11 is 0. The molecule has 3 aromatic rings. The number of amides is 1. The largest absolute Gasteiger partial charge is 0.748 e. The highest BCUT2D eigenvalue weighted by Gasteiger charge is 2.17. The number of nitrogens with two attached hydrogens (primary N) is 1. The Morgan fingerprint density at radius 3 is 2.12 bits per heavy atom. The first-order valence-corrected chi connectivity index (χ1v) is 8.76. The number of fused-ring (bicyclic) bond motifs is 2. The lowest BCUT2D eigenvalue weighted by Crippen LogP contribution is -2.12. The second-order valence-electron chi connectivity index (χ2n) is 5.43. The molecule has 0 saturated carbocycles. The summed E-state index contributed by atoms with van der Waals surface area (Å²) in [7, 11) is -3.92. The summed E-state index contributed by atoms with van der Waals surface area (Å²) in [5.41, 5.74) is 7.07. The zero-order valence-electron chi connectivity index (χ0n) is 13.6. The van der Waals surface area contributed by atoms with Crippen molar-refractivity contribution in [2.75, 3.05) is 6.26 Å². The first-order chi connectivity index (χ1) is 11.9. The Kier molecular flexibility index (Phi) is 4.87. The lowest BCUT2D eigenvalue weighted by atomic mass is 10.1. The Hall–Kier alpha value is -3.18. The van der Waals surface area contributed by atoms with Crippen molar-refractivity contribution >= 4 is 38.1 Å². The number of hydrogen-bond donors (Lipinski definition) is 4. The fourth-order valence-corrected chi connectivity index (χ4v) is 2.21.